The number of likely N-dealkylation sites (N-methyl/N-ethyl adjacent to an activating group) is 1. The molecular weight excluding hydrogens is 186 g/mol. The molecule has 0 bridgehead atoms. The van der Waals surface area contributed by atoms with E-state index in [-0.39, 0.29) is 0 Å². The summed E-state index contributed by atoms with van der Waals surface area (Å²) < 4.78 is 34.9. The molecule has 0 fully saturated rings. The molecule has 0 amide bonds. The third-order valence-electron chi connectivity index (χ3n) is 0.677. The van der Waals surface area contributed by atoms with Gasteiger partial charge in [0.25, 0.3) is 0 Å². The van der Waals surface area contributed by atoms with E-state index in [0.29, 0.717) is 0 Å². The lowest BCUT2D eigenvalue weighted by Gasteiger charge is -2.21. The molecule has 0 spiro atoms. The van der Waals surface area contributed by atoms with E-state index in [0.717, 1.165) is 11.0 Å². The normalized spacial score (nSPS) is 11.6. The molecule has 0 radical (unpaired) electrons. The Kier molecular flexibility index (Phi) is 6.55. The van der Waals surface area contributed by atoms with E-state index in [9.17, 15) is 0 Å². The van der Waals surface area contributed by atoms with Gasteiger partial charge in [0.2, 0.25) is 0 Å². The predicted molar refractivity (Wildman–Crippen MR) is 33.1 cm³/mol. The lowest BCUT2D eigenvalue weighted by molar-refractivity contribution is -2.00. The Morgan fingerprint density at radius 1 is 1.17 bits per heavy atom. The maximum Gasteiger partial charge on any atom is 0.0964 e. The van der Waals surface area contributed by atoms with Crippen LogP contribution in [0, 0.1) is 10.2 Å². The second-order valence-electron chi connectivity index (χ2n) is 3.14. The molecule has 74 valence electrons. The second kappa shape index (κ2) is 5.47. The van der Waals surface area contributed by atoms with Crippen LogP contribution in [0.5, 0.6) is 0 Å². The van der Waals surface area contributed by atoms with Crippen molar-refractivity contribution in [1.29, 1.82) is 0 Å². The summed E-state index contributed by atoms with van der Waals surface area (Å²) in [4.78, 5) is 0. The summed E-state index contributed by atoms with van der Waals surface area (Å²) in [7, 11) is 1.48. The molecular formula is C6H14ClNO4. The fourth-order valence-corrected chi connectivity index (χ4v) is 0.387. The van der Waals surface area contributed by atoms with Crippen molar-refractivity contribution in [3.63, 3.8) is 0 Å². The zero-order valence-electron chi connectivity index (χ0n) is 7.45. The zero-order valence-corrected chi connectivity index (χ0v) is 8.21. The van der Waals surface area contributed by atoms with E-state index in [4.69, 9.17) is 18.6 Å². The first kappa shape index (κ1) is 14.4. The maximum absolute atomic E-state index is 8.49. The van der Waals surface area contributed by atoms with E-state index in [2.05, 4.69) is 27.7 Å². The summed E-state index contributed by atoms with van der Waals surface area (Å²) in [6.07, 6.45) is 1.93. The molecule has 0 atom stereocenters. The Labute approximate surface area is 74.5 Å². The van der Waals surface area contributed by atoms with Gasteiger partial charge in [-0.2, -0.15) is 0 Å². The molecule has 0 heterocycles. The fraction of sp³-hybridized carbons (Fsp3) is 0.667. The number of quaternary nitrogens is 1. The average molecular weight is 200 g/mol. The number of hydrogen-bond donors (Lipinski definition) is 0. The minimum atomic E-state index is -4.94. The number of rotatable bonds is 2. The van der Waals surface area contributed by atoms with Crippen molar-refractivity contribution in [3.8, 4) is 0 Å². The van der Waals surface area contributed by atoms with Gasteiger partial charge in [0.05, 0.1) is 27.7 Å². The number of hydrogen-bond acceptors (Lipinski definition) is 4. The van der Waals surface area contributed by atoms with Gasteiger partial charge in [-0.3, -0.25) is 0 Å². The van der Waals surface area contributed by atoms with Gasteiger partial charge >= 0.3 is 0 Å². The van der Waals surface area contributed by atoms with E-state index < -0.39 is 10.2 Å². The summed E-state index contributed by atoms with van der Waals surface area (Å²) in [6.45, 7) is 4.67. The van der Waals surface area contributed by atoms with Gasteiger partial charge in [-0.05, 0) is 6.08 Å². The minimum Gasteiger partial charge on any atom is -0.328 e. The van der Waals surface area contributed by atoms with E-state index in [1.54, 1.807) is 0 Å². The molecule has 0 unspecified atom stereocenters. The number of nitrogens with zero attached hydrogens (tertiary/aromatic N) is 1. The van der Waals surface area contributed by atoms with Crippen molar-refractivity contribution < 1.29 is 33.4 Å². The molecule has 0 aromatic carbocycles. The van der Waals surface area contributed by atoms with Gasteiger partial charge in [-0.1, -0.05) is 6.58 Å². The fourth-order valence-electron chi connectivity index (χ4n) is 0.387. The molecule has 0 aliphatic rings. The molecule has 5 nitrogen and oxygen atoms in total. The third-order valence-corrected chi connectivity index (χ3v) is 0.677. The van der Waals surface area contributed by atoms with Gasteiger partial charge in [0.1, 0.15) is 0 Å². The van der Waals surface area contributed by atoms with E-state index in [1.165, 1.54) is 0 Å². The van der Waals surface area contributed by atoms with Crippen molar-refractivity contribution in [2.75, 3.05) is 27.7 Å². The van der Waals surface area contributed by atoms with Crippen molar-refractivity contribution in [3.05, 3.63) is 12.7 Å². The van der Waals surface area contributed by atoms with Gasteiger partial charge in [0, 0.05) is 0 Å². The molecule has 0 aliphatic heterocycles. The van der Waals surface area contributed by atoms with Gasteiger partial charge in [0.15, 0.2) is 0 Å². The smallest absolute Gasteiger partial charge is 0.0964 e. The van der Waals surface area contributed by atoms with Crippen molar-refractivity contribution in [1.82, 2.24) is 0 Å². The zero-order chi connectivity index (χ0) is 10.4. The van der Waals surface area contributed by atoms with Crippen LogP contribution in [-0.4, -0.2) is 32.2 Å². The molecule has 0 rings (SSSR count). The highest BCUT2D eigenvalue weighted by atomic mass is 35.7. The Bertz CT molecular complexity index is 120. The van der Waals surface area contributed by atoms with Crippen LogP contribution in [0.3, 0.4) is 0 Å². The molecule has 0 N–H and O–H groups in total. The first-order valence-electron chi connectivity index (χ1n) is 3.09. The Morgan fingerprint density at radius 2 is 1.42 bits per heavy atom. The first-order chi connectivity index (χ1) is 5.06. The first-order valence-corrected chi connectivity index (χ1v) is 4.33. The van der Waals surface area contributed by atoms with Gasteiger partial charge in [-0.25, -0.2) is 18.6 Å². The molecule has 0 aromatic heterocycles. The lowest BCUT2D eigenvalue weighted by atomic mass is 10.5. The SMILES string of the molecule is C=CC[N+](C)(C)C.[O-][Cl+3]([O-])([O-])[O-]. The van der Waals surface area contributed by atoms with Crippen LogP contribution in [-0.2, 0) is 0 Å². The highest BCUT2D eigenvalue weighted by Crippen LogP contribution is 1.86. The predicted octanol–water partition coefficient (Wildman–Crippen LogP) is -3.88. The topological polar surface area (TPSA) is 92.2 Å². The van der Waals surface area contributed by atoms with Crippen LogP contribution in [0.2, 0.25) is 0 Å². The third kappa shape index (κ3) is 52.2. The lowest BCUT2D eigenvalue weighted by Crippen LogP contribution is -2.68. The monoisotopic (exact) mass is 199 g/mol. The van der Waals surface area contributed by atoms with Crippen molar-refractivity contribution in [2.45, 2.75) is 0 Å². The summed E-state index contributed by atoms with van der Waals surface area (Å²) >= 11 is 0. The molecule has 0 saturated heterocycles. The quantitative estimate of drug-likeness (QED) is 0.336. The molecule has 6 heteroatoms. The summed E-state index contributed by atoms with van der Waals surface area (Å²) in [6, 6.07) is 0. The molecule has 0 saturated carbocycles. The van der Waals surface area contributed by atoms with Crippen LogP contribution in [0.25, 0.3) is 0 Å². The molecule has 0 aliphatic carbocycles. The van der Waals surface area contributed by atoms with Crippen molar-refractivity contribution in [2.24, 2.45) is 0 Å². The second-order valence-corrected chi connectivity index (χ2v) is 3.90. The molecule has 0 aromatic rings. The van der Waals surface area contributed by atoms with E-state index >= 15 is 0 Å². The Balaban J connectivity index is 0. The van der Waals surface area contributed by atoms with Crippen LogP contribution in [0.15, 0.2) is 12.7 Å². The Hall–Kier alpha value is -0.170. The average Bonchev–Trinajstić information content (AvgIpc) is 1.54. The Morgan fingerprint density at radius 3 is 1.42 bits per heavy atom. The molecule has 12 heavy (non-hydrogen) atoms. The maximum atomic E-state index is 8.49. The van der Waals surface area contributed by atoms with Crippen LogP contribution >= 0.6 is 0 Å². The van der Waals surface area contributed by atoms with Crippen LogP contribution < -0.4 is 18.6 Å². The van der Waals surface area contributed by atoms with E-state index in [1.807, 2.05) is 6.08 Å². The summed E-state index contributed by atoms with van der Waals surface area (Å²) in [5, 5.41) is 0. The highest BCUT2D eigenvalue weighted by Gasteiger charge is 1.99. The highest BCUT2D eigenvalue weighted by molar-refractivity contribution is 4.63. The van der Waals surface area contributed by atoms with Crippen molar-refractivity contribution >= 4 is 0 Å². The van der Waals surface area contributed by atoms with Crippen LogP contribution in [0.4, 0.5) is 0 Å². The standard InChI is InChI=1S/C6H14N.ClHO4/c1-5-6-7(2,3)4;2-1(3,4)5/h5H,1,6H2,2-4H3;(H,2,3,4,5)/q+1;/p-1. The van der Waals surface area contributed by atoms with Crippen LogP contribution in [0.1, 0.15) is 0 Å². The van der Waals surface area contributed by atoms with Gasteiger partial charge in [-0.15, -0.1) is 10.2 Å². The largest absolute Gasteiger partial charge is 0.328 e. The minimum absolute atomic E-state index is 0.976. The summed E-state index contributed by atoms with van der Waals surface area (Å²) in [5.74, 6) is 0. The number of halogens is 1. The van der Waals surface area contributed by atoms with Gasteiger partial charge < -0.3 is 4.48 Å². The summed E-state index contributed by atoms with van der Waals surface area (Å²) in [5.41, 5.74) is 0.